The first-order valence-corrected chi connectivity index (χ1v) is 4.02. The zero-order valence-electron chi connectivity index (χ0n) is 4.24. The van der Waals surface area contributed by atoms with E-state index in [4.69, 9.17) is 0 Å². The van der Waals surface area contributed by atoms with Crippen LogP contribution in [0.2, 0.25) is 0 Å². The van der Waals surface area contributed by atoms with E-state index < -0.39 is 15.7 Å². The molecule has 0 unspecified atom stereocenters. The van der Waals surface area contributed by atoms with Gasteiger partial charge >= 0.3 is 54.1 Å². The molecule has 0 aliphatic rings. The van der Waals surface area contributed by atoms with Gasteiger partial charge in [-0.3, -0.25) is 0 Å². The summed E-state index contributed by atoms with van der Waals surface area (Å²) in [7, 11) is 0. The second-order valence-corrected chi connectivity index (χ2v) is 2.89. The van der Waals surface area contributed by atoms with Crippen LogP contribution in [0.3, 0.4) is 0 Å². The average molecular weight is 168 g/mol. The molecule has 0 N–H and O–H groups in total. The molecule has 1 aromatic rings. The van der Waals surface area contributed by atoms with Gasteiger partial charge in [-0.05, 0) is 0 Å². The summed E-state index contributed by atoms with van der Waals surface area (Å²) in [5, 5.41) is 0. The first-order valence-electron chi connectivity index (χ1n) is 2.32. The van der Waals surface area contributed by atoms with E-state index >= 15 is 0 Å². The normalized spacial score (nSPS) is 9.50. The Morgan fingerprint density at radius 2 is 1.75 bits per heavy atom. The van der Waals surface area contributed by atoms with Crippen LogP contribution in [0.4, 0.5) is 0 Å². The van der Waals surface area contributed by atoms with Crippen LogP contribution in [-0.4, -0.2) is 15.7 Å². The molecule has 0 heterocycles. The molecule has 0 aromatic heterocycles. The van der Waals surface area contributed by atoms with Crippen molar-refractivity contribution < 1.29 is 3.74 Å². The van der Waals surface area contributed by atoms with Gasteiger partial charge in [0.05, 0.1) is 0 Å². The maximum atomic E-state index is 10.2. The second-order valence-electron chi connectivity index (χ2n) is 1.43. The fourth-order valence-electron chi connectivity index (χ4n) is 0.489. The van der Waals surface area contributed by atoms with E-state index in [1.165, 1.54) is 0 Å². The van der Waals surface area contributed by atoms with Gasteiger partial charge in [0, 0.05) is 0 Å². The minimum absolute atomic E-state index is 0.818. The number of benzene rings is 1. The number of rotatable bonds is 1. The Kier molecular flexibility index (Phi) is 1.99. The summed E-state index contributed by atoms with van der Waals surface area (Å²) in [5.41, 5.74) is 0. The molecule has 8 heavy (non-hydrogen) atoms. The summed E-state index contributed by atoms with van der Waals surface area (Å²) < 4.78 is 11.2. The molecule has 0 bridgehead atoms. The predicted molar refractivity (Wildman–Crippen MR) is 32.5 cm³/mol. The van der Waals surface area contributed by atoms with Crippen molar-refractivity contribution in [2.24, 2.45) is 0 Å². The van der Waals surface area contributed by atoms with Gasteiger partial charge in [-0.25, -0.2) is 0 Å². The number of hydrogen-bond acceptors (Lipinski definition) is 1. The van der Waals surface area contributed by atoms with Gasteiger partial charge in [-0.1, -0.05) is 0 Å². The van der Waals surface area contributed by atoms with Crippen molar-refractivity contribution in [3.63, 3.8) is 0 Å². The first-order chi connectivity index (χ1) is 3.93. The Morgan fingerprint density at radius 3 is 2.12 bits per heavy atom. The zero-order chi connectivity index (χ0) is 5.82. The van der Waals surface area contributed by atoms with Crippen LogP contribution in [-0.2, 0) is 3.74 Å². The molecule has 2 heteroatoms. The van der Waals surface area contributed by atoms with Crippen LogP contribution >= 0.6 is 0 Å². The molecule has 0 atom stereocenters. The third-order valence-electron chi connectivity index (χ3n) is 0.862. The Balaban J connectivity index is 2.99. The van der Waals surface area contributed by atoms with E-state index in [1.54, 1.807) is 0 Å². The predicted octanol–water partition coefficient (Wildman–Crippen LogP) is 0.362. The summed E-state index contributed by atoms with van der Waals surface area (Å²) in [5.74, 6) is 0. The standard InChI is InChI=1S/C6H5AsO/c8-7-6-4-2-1-3-5-6/h1-5H. The van der Waals surface area contributed by atoms with Gasteiger partial charge in [-0.15, -0.1) is 0 Å². The minimum atomic E-state index is -0.818. The van der Waals surface area contributed by atoms with E-state index in [-0.39, 0.29) is 0 Å². The van der Waals surface area contributed by atoms with Gasteiger partial charge in [0.1, 0.15) is 0 Å². The van der Waals surface area contributed by atoms with Gasteiger partial charge in [0.2, 0.25) is 0 Å². The average Bonchev–Trinajstić information content (AvgIpc) is 1.90. The van der Waals surface area contributed by atoms with Crippen LogP contribution in [0.5, 0.6) is 0 Å². The molecule has 0 radical (unpaired) electrons. The van der Waals surface area contributed by atoms with Crippen molar-refractivity contribution in [3.8, 4) is 0 Å². The molecule has 0 amide bonds. The Morgan fingerprint density at radius 1 is 1.12 bits per heavy atom. The van der Waals surface area contributed by atoms with E-state index in [0.717, 1.165) is 4.35 Å². The van der Waals surface area contributed by atoms with E-state index in [9.17, 15) is 3.74 Å². The van der Waals surface area contributed by atoms with Crippen molar-refractivity contribution >= 4 is 20.0 Å². The van der Waals surface area contributed by atoms with Crippen molar-refractivity contribution in [1.82, 2.24) is 0 Å². The summed E-state index contributed by atoms with van der Waals surface area (Å²) in [6.45, 7) is 0. The Bertz CT molecular complexity index is 171. The molecule has 0 fully saturated rings. The van der Waals surface area contributed by atoms with Crippen LogP contribution in [0.15, 0.2) is 30.3 Å². The molecule has 0 aliphatic carbocycles. The first kappa shape index (κ1) is 5.71. The molecule has 1 nitrogen and oxygen atoms in total. The fourth-order valence-corrected chi connectivity index (χ4v) is 1.11. The SMILES string of the molecule is O=[As]c1ccccc1. The van der Waals surface area contributed by atoms with Crippen LogP contribution in [0.1, 0.15) is 0 Å². The van der Waals surface area contributed by atoms with Crippen molar-refractivity contribution in [2.75, 3.05) is 0 Å². The van der Waals surface area contributed by atoms with E-state index in [1.807, 2.05) is 30.3 Å². The summed E-state index contributed by atoms with van der Waals surface area (Å²) in [6.07, 6.45) is 0. The number of hydrogen-bond donors (Lipinski definition) is 0. The van der Waals surface area contributed by atoms with Gasteiger partial charge < -0.3 is 0 Å². The summed E-state index contributed by atoms with van der Waals surface area (Å²) >= 11 is -0.818. The molecule has 0 saturated heterocycles. The van der Waals surface area contributed by atoms with Crippen molar-refractivity contribution in [3.05, 3.63) is 30.3 Å². The van der Waals surface area contributed by atoms with Gasteiger partial charge in [0.15, 0.2) is 0 Å². The van der Waals surface area contributed by atoms with E-state index in [2.05, 4.69) is 0 Å². The quantitative estimate of drug-likeness (QED) is 0.553. The Hall–Kier alpha value is -0.422. The third-order valence-corrected chi connectivity index (χ3v) is 1.93. The van der Waals surface area contributed by atoms with Crippen LogP contribution < -0.4 is 4.35 Å². The van der Waals surface area contributed by atoms with E-state index in [0.29, 0.717) is 0 Å². The van der Waals surface area contributed by atoms with Crippen molar-refractivity contribution in [2.45, 2.75) is 0 Å². The van der Waals surface area contributed by atoms with Gasteiger partial charge in [0.25, 0.3) is 0 Å². The second kappa shape index (κ2) is 2.78. The molecular formula is C6H5AsO. The van der Waals surface area contributed by atoms with Crippen LogP contribution in [0, 0.1) is 0 Å². The monoisotopic (exact) mass is 168 g/mol. The fraction of sp³-hybridized carbons (Fsp3) is 0. The molecule has 40 valence electrons. The summed E-state index contributed by atoms with van der Waals surface area (Å²) in [6, 6.07) is 9.44. The molecule has 0 aliphatic heterocycles. The zero-order valence-corrected chi connectivity index (χ0v) is 6.12. The van der Waals surface area contributed by atoms with Gasteiger partial charge in [-0.2, -0.15) is 0 Å². The van der Waals surface area contributed by atoms with Crippen LogP contribution in [0.25, 0.3) is 0 Å². The molecule has 1 aromatic carbocycles. The maximum absolute atomic E-state index is 10.2. The Labute approximate surface area is 54.6 Å². The topological polar surface area (TPSA) is 17.1 Å². The molecule has 0 saturated carbocycles. The molecule has 1 rings (SSSR count). The van der Waals surface area contributed by atoms with Crippen molar-refractivity contribution in [1.29, 1.82) is 0 Å². The molecule has 0 spiro atoms. The summed E-state index contributed by atoms with van der Waals surface area (Å²) in [4.78, 5) is 0. The third kappa shape index (κ3) is 1.27. The molecular weight excluding hydrogens is 163 g/mol.